The van der Waals surface area contributed by atoms with Crippen LogP contribution in [-0.2, 0) is 9.59 Å². The average Bonchev–Trinajstić information content (AvgIpc) is 1.87. The van der Waals surface area contributed by atoms with Crippen molar-refractivity contribution in [3.63, 3.8) is 0 Å². The Labute approximate surface area is 70.9 Å². The Morgan fingerprint density at radius 1 is 1.17 bits per heavy atom. The molecule has 0 amide bonds. The molecule has 0 heterocycles. The molecule has 0 spiro atoms. The van der Waals surface area contributed by atoms with Crippen molar-refractivity contribution in [3.8, 4) is 0 Å². The number of hydrogen-bond donors (Lipinski definition) is 3. The highest BCUT2D eigenvalue weighted by Gasteiger charge is 2.06. The minimum absolute atomic E-state index is 0.244. The van der Waals surface area contributed by atoms with Crippen molar-refractivity contribution >= 4 is 20.0 Å². The summed E-state index contributed by atoms with van der Waals surface area (Å²) in [5.41, 5.74) is 0. The van der Waals surface area contributed by atoms with Gasteiger partial charge in [0.25, 0.3) is 8.05 Å². The van der Waals surface area contributed by atoms with E-state index in [9.17, 15) is 9.59 Å². The van der Waals surface area contributed by atoms with E-state index in [2.05, 4.69) is 0 Å². The maximum Gasteiger partial charge on any atom is 0.317 e. The molecule has 0 aromatic heterocycles. The second-order valence-electron chi connectivity index (χ2n) is 1.96. The van der Waals surface area contributed by atoms with Crippen LogP contribution in [0.2, 0.25) is 0 Å². The standard InChI is InChI=1S/C5H9NO4.BH3O/c1-6(2-4(7)8)3-5(9)10;1-2/h2-3H2,1H3,(H,7,8)(H,9,10);2H,1H2. The number of aliphatic carboxylic acids is 2. The van der Waals surface area contributed by atoms with E-state index in [1.807, 2.05) is 0 Å². The van der Waals surface area contributed by atoms with E-state index < -0.39 is 11.9 Å². The second-order valence-corrected chi connectivity index (χ2v) is 1.96. The predicted molar refractivity (Wildman–Crippen MR) is 43.5 cm³/mol. The lowest BCUT2D eigenvalue weighted by Crippen LogP contribution is -2.30. The van der Waals surface area contributed by atoms with E-state index in [4.69, 9.17) is 15.2 Å². The van der Waals surface area contributed by atoms with Crippen LogP contribution >= 0.6 is 0 Å². The summed E-state index contributed by atoms with van der Waals surface area (Å²) in [5, 5.41) is 23.3. The van der Waals surface area contributed by atoms with Crippen LogP contribution in [-0.4, -0.2) is 60.3 Å². The first-order valence-electron chi connectivity index (χ1n) is 3.09. The summed E-state index contributed by atoms with van der Waals surface area (Å²) >= 11 is 0. The van der Waals surface area contributed by atoms with E-state index in [1.54, 1.807) is 0 Å². The minimum atomic E-state index is -1.02. The molecule has 12 heavy (non-hydrogen) atoms. The number of rotatable bonds is 4. The van der Waals surface area contributed by atoms with Gasteiger partial charge in [-0.05, 0) is 7.05 Å². The Bertz CT molecular complexity index is 135. The van der Waals surface area contributed by atoms with Crippen LogP contribution in [0.5, 0.6) is 0 Å². The lowest BCUT2D eigenvalue weighted by atomic mass is 10.5. The number of likely N-dealkylation sites (N-methyl/N-ethyl adjacent to an activating group) is 1. The van der Waals surface area contributed by atoms with E-state index >= 15 is 0 Å². The van der Waals surface area contributed by atoms with Crippen LogP contribution in [0.4, 0.5) is 0 Å². The Hall–Kier alpha value is -1.08. The van der Waals surface area contributed by atoms with Gasteiger partial charge in [-0.3, -0.25) is 14.5 Å². The molecule has 0 rings (SSSR count). The number of carboxylic acids is 2. The van der Waals surface area contributed by atoms with Crippen molar-refractivity contribution in [2.75, 3.05) is 20.1 Å². The zero-order valence-electron chi connectivity index (χ0n) is 7.02. The lowest BCUT2D eigenvalue weighted by Gasteiger charge is -2.08. The smallest absolute Gasteiger partial charge is 0.317 e. The van der Waals surface area contributed by atoms with Crippen molar-refractivity contribution in [2.45, 2.75) is 0 Å². The van der Waals surface area contributed by atoms with Crippen molar-refractivity contribution in [2.24, 2.45) is 0 Å². The molecule has 0 aromatic carbocycles. The maximum absolute atomic E-state index is 9.96. The normalized spacial score (nSPS) is 8.58. The zero-order chi connectivity index (χ0) is 10.1. The number of carbonyl (C=O) groups is 2. The Balaban J connectivity index is 0. The molecule has 0 aliphatic rings. The molecule has 0 fully saturated rings. The van der Waals surface area contributed by atoms with E-state index in [-0.39, 0.29) is 13.1 Å². The van der Waals surface area contributed by atoms with Gasteiger partial charge < -0.3 is 15.2 Å². The topological polar surface area (TPSA) is 98.1 Å². The fourth-order valence-electron chi connectivity index (χ4n) is 0.518. The molecule has 6 nitrogen and oxygen atoms in total. The molecule has 0 bridgehead atoms. The third-order valence-corrected chi connectivity index (χ3v) is 0.810. The summed E-state index contributed by atoms with van der Waals surface area (Å²) in [7, 11) is 2.43. The summed E-state index contributed by atoms with van der Waals surface area (Å²) in [6.07, 6.45) is 0. The van der Waals surface area contributed by atoms with Gasteiger partial charge in [-0.25, -0.2) is 0 Å². The molecular weight excluding hydrogens is 165 g/mol. The predicted octanol–water partition coefficient (Wildman–Crippen LogP) is -2.39. The molecule has 0 unspecified atom stereocenters. The number of nitrogens with zero attached hydrogens (tertiary/aromatic N) is 1. The van der Waals surface area contributed by atoms with E-state index in [0.29, 0.717) is 0 Å². The van der Waals surface area contributed by atoms with Crippen molar-refractivity contribution in [1.29, 1.82) is 0 Å². The van der Waals surface area contributed by atoms with Gasteiger partial charge >= 0.3 is 11.9 Å². The highest BCUT2D eigenvalue weighted by atomic mass is 16.4. The van der Waals surface area contributed by atoms with Crippen LogP contribution < -0.4 is 0 Å². The fourth-order valence-corrected chi connectivity index (χ4v) is 0.518. The first kappa shape index (κ1) is 13.5. The summed E-state index contributed by atoms with van der Waals surface area (Å²) in [4.78, 5) is 21.1. The van der Waals surface area contributed by atoms with Gasteiger partial charge in [0.05, 0.1) is 13.1 Å². The van der Waals surface area contributed by atoms with Crippen molar-refractivity contribution in [1.82, 2.24) is 4.90 Å². The van der Waals surface area contributed by atoms with Crippen molar-refractivity contribution in [3.05, 3.63) is 0 Å². The molecule has 0 saturated carbocycles. The Morgan fingerprint density at radius 3 is 1.58 bits per heavy atom. The van der Waals surface area contributed by atoms with Crippen LogP contribution in [0.15, 0.2) is 0 Å². The maximum atomic E-state index is 9.96. The van der Waals surface area contributed by atoms with Gasteiger partial charge in [0.15, 0.2) is 0 Å². The SMILES string of the molecule is BO.CN(CC(=O)O)CC(=O)O. The Morgan fingerprint density at radius 2 is 1.42 bits per heavy atom. The molecule has 0 aliphatic heterocycles. The van der Waals surface area contributed by atoms with Crippen LogP contribution in [0.1, 0.15) is 0 Å². The molecule has 70 valence electrons. The molecule has 7 heteroatoms. The molecule has 0 saturated heterocycles. The number of hydrogen-bond acceptors (Lipinski definition) is 4. The van der Waals surface area contributed by atoms with Gasteiger partial charge in [0.1, 0.15) is 0 Å². The van der Waals surface area contributed by atoms with E-state index in [0.717, 1.165) is 8.05 Å². The minimum Gasteiger partial charge on any atom is -0.480 e. The first-order valence-corrected chi connectivity index (χ1v) is 3.09. The second kappa shape index (κ2) is 8.03. The third kappa shape index (κ3) is 11.7. The summed E-state index contributed by atoms with van der Waals surface area (Å²) < 4.78 is 0. The molecular formula is C5H12BNO5. The Kier molecular flexibility index (Phi) is 9.04. The van der Waals surface area contributed by atoms with Gasteiger partial charge in [0.2, 0.25) is 0 Å². The highest BCUT2D eigenvalue weighted by Crippen LogP contribution is 1.80. The quantitative estimate of drug-likeness (QED) is 0.414. The number of carboxylic acid groups (broad SMARTS) is 2. The van der Waals surface area contributed by atoms with Gasteiger partial charge in [-0.2, -0.15) is 0 Å². The third-order valence-electron chi connectivity index (χ3n) is 0.810. The van der Waals surface area contributed by atoms with Crippen LogP contribution in [0.3, 0.4) is 0 Å². The van der Waals surface area contributed by atoms with E-state index in [1.165, 1.54) is 11.9 Å². The highest BCUT2D eigenvalue weighted by molar-refractivity contribution is 5.95. The largest absolute Gasteiger partial charge is 0.480 e. The summed E-state index contributed by atoms with van der Waals surface area (Å²) in [5.74, 6) is -2.05. The fraction of sp³-hybridized carbons (Fsp3) is 0.600. The summed E-state index contributed by atoms with van der Waals surface area (Å²) in [6.45, 7) is -0.488. The first-order chi connectivity index (χ1) is 5.52. The van der Waals surface area contributed by atoms with Gasteiger partial charge in [-0.1, -0.05) is 0 Å². The van der Waals surface area contributed by atoms with Gasteiger partial charge in [-0.15, -0.1) is 0 Å². The van der Waals surface area contributed by atoms with Crippen LogP contribution in [0.25, 0.3) is 0 Å². The molecule has 0 aliphatic carbocycles. The molecule has 3 N–H and O–H groups in total. The van der Waals surface area contributed by atoms with Crippen molar-refractivity contribution < 1.29 is 24.8 Å². The molecule has 0 atom stereocenters. The zero-order valence-corrected chi connectivity index (χ0v) is 7.02. The van der Waals surface area contributed by atoms with Gasteiger partial charge in [0, 0.05) is 0 Å². The molecule has 0 aromatic rings. The monoisotopic (exact) mass is 177 g/mol. The average molecular weight is 177 g/mol. The summed E-state index contributed by atoms with van der Waals surface area (Å²) in [6, 6.07) is 0. The lowest BCUT2D eigenvalue weighted by molar-refractivity contribution is -0.141. The van der Waals surface area contributed by atoms with Crippen LogP contribution in [0, 0.1) is 0 Å². The molecule has 0 radical (unpaired) electrons.